The second-order valence-corrected chi connectivity index (χ2v) is 6.03. The molecule has 124 valence electrons. The van der Waals surface area contributed by atoms with E-state index in [4.69, 9.17) is 0 Å². The van der Waals surface area contributed by atoms with Crippen LogP contribution < -0.4 is 10.6 Å². The fraction of sp³-hybridized carbons (Fsp3) is 0.100. The third-order valence-electron chi connectivity index (χ3n) is 4.45. The molecule has 0 saturated carbocycles. The topological polar surface area (TPSA) is 67.2 Å². The van der Waals surface area contributed by atoms with Crippen molar-refractivity contribution in [1.29, 1.82) is 0 Å². The molecule has 2 atom stereocenters. The molecule has 0 aromatic heterocycles. The van der Waals surface area contributed by atoms with E-state index in [2.05, 4.69) is 28.8 Å². The smallest absolute Gasteiger partial charge is 0.269 e. The van der Waals surface area contributed by atoms with Gasteiger partial charge in [-0.05, 0) is 22.8 Å². The van der Waals surface area contributed by atoms with E-state index in [1.807, 2.05) is 42.5 Å². The van der Waals surface area contributed by atoms with Gasteiger partial charge in [0.2, 0.25) is 0 Å². The molecule has 0 saturated heterocycles. The summed E-state index contributed by atoms with van der Waals surface area (Å²) in [6.45, 7) is 0. The Morgan fingerprint density at radius 1 is 0.840 bits per heavy atom. The Balaban J connectivity index is 1.75. The van der Waals surface area contributed by atoms with Crippen molar-refractivity contribution in [3.05, 3.63) is 106 Å². The lowest BCUT2D eigenvalue weighted by Crippen LogP contribution is -2.37. The molecule has 4 rings (SSSR count). The number of hydrogen-bond acceptors (Lipinski definition) is 4. The third kappa shape index (κ3) is 2.97. The van der Waals surface area contributed by atoms with Gasteiger partial charge in [0.05, 0.1) is 11.0 Å². The van der Waals surface area contributed by atoms with Crippen molar-refractivity contribution in [1.82, 2.24) is 5.32 Å². The number of para-hydroxylation sites is 1. The molecule has 1 heterocycles. The normalized spacial score (nSPS) is 18.9. The van der Waals surface area contributed by atoms with Gasteiger partial charge in [0.25, 0.3) is 5.69 Å². The monoisotopic (exact) mass is 331 g/mol. The summed E-state index contributed by atoms with van der Waals surface area (Å²) in [5, 5.41) is 18.1. The van der Waals surface area contributed by atoms with Gasteiger partial charge in [0.15, 0.2) is 0 Å². The standard InChI is InChI=1S/C20H17N3O2/c24-23(25)16-10-6-9-15(13-16)20-21-18-12-5-4-11-17(18)19(22-20)14-7-2-1-3-8-14/h1-13,19-22H/t19-,20+/m1/s1. The van der Waals surface area contributed by atoms with Crippen LogP contribution in [0.2, 0.25) is 0 Å². The van der Waals surface area contributed by atoms with E-state index < -0.39 is 0 Å². The van der Waals surface area contributed by atoms with Crippen LogP contribution in [-0.4, -0.2) is 4.92 Å². The van der Waals surface area contributed by atoms with Crippen LogP contribution in [-0.2, 0) is 0 Å². The summed E-state index contributed by atoms with van der Waals surface area (Å²) in [5.41, 5.74) is 4.29. The lowest BCUT2D eigenvalue weighted by molar-refractivity contribution is -0.384. The molecule has 5 heteroatoms. The molecule has 0 radical (unpaired) electrons. The SMILES string of the molecule is O=[N+]([O-])c1cccc([C@H]2Nc3ccccc3[C@@H](c3ccccc3)N2)c1. The number of nitro groups is 1. The summed E-state index contributed by atoms with van der Waals surface area (Å²) in [4.78, 5) is 10.7. The Labute approximate surface area is 145 Å². The second-order valence-electron chi connectivity index (χ2n) is 6.03. The van der Waals surface area contributed by atoms with Crippen molar-refractivity contribution in [3.8, 4) is 0 Å². The van der Waals surface area contributed by atoms with Gasteiger partial charge in [-0.25, -0.2) is 0 Å². The summed E-state index contributed by atoms with van der Waals surface area (Å²) in [7, 11) is 0. The van der Waals surface area contributed by atoms with E-state index in [0.717, 1.165) is 22.4 Å². The van der Waals surface area contributed by atoms with Crippen LogP contribution in [0.25, 0.3) is 0 Å². The highest BCUT2D eigenvalue weighted by Gasteiger charge is 2.28. The average molecular weight is 331 g/mol. The largest absolute Gasteiger partial charge is 0.366 e. The Kier molecular flexibility index (Phi) is 3.91. The highest BCUT2D eigenvalue weighted by atomic mass is 16.6. The number of benzene rings is 3. The number of anilines is 1. The molecule has 3 aromatic carbocycles. The van der Waals surface area contributed by atoms with Crippen LogP contribution in [0.1, 0.15) is 28.9 Å². The van der Waals surface area contributed by atoms with Gasteiger partial charge in [-0.2, -0.15) is 0 Å². The number of hydrogen-bond donors (Lipinski definition) is 2. The van der Waals surface area contributed by atoms with E-state index in [9.17, 15) is 10.1 Å². The zero-order valence-electron chi connectivity index (χ0n) is 13.4. The lowest BCUT2D eigenvalue weighted by Gasteiger charge is -2.35. The average Bonchev–Trinajstić information content (AvgIpc) is 2.68. The zero-order chi connectivity index (χ0) is 17.2. The van der Waals surface area contributed by atoms with Crippen molar-refractivity contribution >= 4 is 11.4 Å². The van der Waals surface area contributed by atoms with Crippen LogP contribution >= 0.6 is 0 Å². The molecule has 0 bridgehead atoms. The van der Waals surface area contributed by atoms with Crippen molar-refractivity contribution in [3.63, 3.8) is 0 Å². The van der Waals surface area contributed by atoms with Gasteiger partial charge in [-0.15, -0.1) is 0 Å². The predicted octanol–water partition coefficient (Wildman–Crippen LogP) is 4.40. The fourth-order valence-electron chi connectivity index (χ4n) is 3.25. The maximum atomic E-state index is 11.1. The first-order valence-electron chi connectivity index (χ1n) is 8.13. The van der Waals surface area contributed by atoms with Gasteiger partial charge in [0.1, 0.15) is 6.17 Å². The first-order chi connectivity index (χ1) is 12.2. The third-order valence-corrected chi connectivity index (χ3v) is 4.45. The van der Waals surface area contributed by atoms with Gasteiger partial charge in [0, 0.05) is 17.8 Å². The van der Waals surface area contributed by atoms with Crippen LogP contribution in [0.3, 0.4) is 0 Å². The molecule has 25 heavy (non-hydrogen) atoms. The Hall–Kier alpha value is -3.18. The molecule has 1 aliphatic rings. The highest BCUT2D eigenvalue weighted by Crippen LogP contribution is 2.36. The van der Waals surface area contributed by atoms with E-state index in [1.54, 1.807) is 12.1 Å². The summed E-state index contributed by atoms with van der Waals surface area (Å²) >= 11 is 0. The van der Waals surface area contributed by atoms with Crippen LogP contribution in [0.4, 0.5) is 11.4 Å². The molecule has 3 aromatic rings. The van der Waals surface area contributed by atoms with Gasteiger partial charge < -0.3 is 5.32 Å². The van der Waals surface area contributed by atoms with Crippen LogP contribution in [0.5, 0.6) is 0 Å². The number of rotatable bonds is 3. The van der Waals surface area contributed by atoms with Crippen LogP contribution in [0.15, 0.2) is 78.9 Å². The lowest BCUT2D eigenvalue weighted by atomic mass is 9.93. The molecule has 0 unspecified atom stereocenters. The minimum absolute atomic E-state index is 0.0166. The second kappa shape index (κ2) is 6.37. The van der Waals surface area contributed by atoms with E-state index in [1.165, 1.54) is 6.07 Å². The molecular formula is C20H17N3O2. The molecule has 0 amide bonds. The van der Waals surface area contributed by atoms with Crippen molar-refractivity contribution in [2.24, 2.45) is 0 Å². The van der Waals surface area contributed by atoms with Crippen LogP contribution in [0, 0.1) is 10.1 Å². The summed E-state index contributed by atoms with van der Waals surface area (Å²) in [5.74, 6) is 0. The van der Waals surface area contributed by atoms with E-state index in [-0.39, 0.29) is 22.8 Å². The number of nitrogens with one attached hydrogen (secondary N) is 2. The maximum Gasteiger partial charge on any atom is 0.269 e. The number of non-ortho nitro benzene ring substituents is 1. The fourth-order valence-corrected chi connectivity index (χ4v) is 3.25. The molecule has 1 aliphatic heterocycles. The first kappa shape index (κ1) is 15.4. The zero-order valence-corrected chi connectivity index (χ0v) is 13.4. The van der Waals surface area contributed by atoms with Gasteiger partial charge in [-0.1, -0.05) is 60.7 Å². The highest BCUT2D eigenvalue weighted by molar-refractivity contribution is 5.59. The minimum Gasteiger partial charge on any atom is -0.366 e. The molecule has 0 fully saturated rings. The van der Waals surface area contributed by atoms with Crippen molar-refractivity contribution in [2.45, 2.75) is 12.2 Å². The summed E-state index contributed by atoms with van der Waals surface area (Å²) in [6.07, 6.45) is -0.208. The maximum absolute atomic E-state index is 11.1. The van der Waals surface area contributed by atoms with Crippen molar-refractivity contribution in [2.75, 3.05) is 5.32 Å². The Bertz CT molecular complexity index is 912. The number of nitro benzene ring substituents is 1. The van der Waals surface area contributed by atoms with Gasteiger partial charge >= 0.3 is 0 Å². The molecule has 2 N–H and O–H groups in total. The van der Waals surface area contributed by atoms with E-state index in [0.29, 0.717) is 0 Å². The summed E-state index contributed by atoms with van der Waals surface area (Å²) in [6, 6.07) is 25.1. The number of fused-ring (bicyclic) bond motifs is 1. The Morgan fingerprint density at radius 2 is 1.56 bits per heavy atom. The quantitative estimate of drug-likeness (QED) is 0.551. The molecule has 0 spiro atoms. The Morgan fingerprint density at radius 3 is 2.36 bits per heavy atom. The molecule has 5 nitrogen and oxygen atoms in total. The first-order valence-corrected chi connectivity index (χ1v) is 8.13. The van der Waals surface area contributed by atoms with Gasteiger partial charge in [-0.3, -0.25) is 15.4 Å². The predicted molar refractivity (Wildman–Crippen MR) is 97.3 cm³/mol. The molecule has 0 aliphatic carbocycles. The van der Waals surface area contributed by atoms with Crippen molar-refractivity contribution < 1.29 is 4.92 Å². The number of nitrogens with zero attached hydrogens (tertiary/aromatic N) is 1. The minimum atomic E-state index is -0.366. The molecular weight excluding hydrogens is 314 g/mol. The van der Waals surface area contributed by atoms with E-state index >= 15 is 0 Å². The summed E-state index contributed by atoms with van der Waals surface area (Å²) < 4.78 is 0.